The molecule has 1 amide bonds. The largest absolute Gasteiger partial charge is 0.497 e. The molecule has 110 valence electrons. The fourth-order valence-electron chi connectivity index (χ4n) is 1.87. The Bertz CT molecular complexity index is 594. The summed E-state index contributed by atoms with van der Waals surface area (Å²) in [6.07, 6.45) is -0.771. The van der Waals surface area contributed by atoms with Crippen molar-refractivity contribution in [1.29, 1.82) is 0 Å². The quantitative estimate of drug-likeness (QED) is 0.731. The van der Waals surface area contributed by atoms with Crippen LogP contribution in [-0.2, 0) is 0 Å². The fraction of sp³-hybridized carbons (Fsp3) is 0.188. The molecule has 1 atom stereocenters. The summed E-state index contributed by atoms with van der Waals surface area (Å²) < 4.78 is 5.03. The zero-order valence-electron chi connectivity index (χ0n) is 11.7. The van der Waals surface area contributed by atoms with Gasteiger partial charge in [0.15, 0.2) is 0 Å². The molecule has 0 fully saturated rings. The first-order valence-electron chi connectivity index (χ1n) is 6.56. The summed E-state index contributed by atoms with van der Waals surface area (Å²) >= 11 is 0. The second-order valence-corrected chi connectivity index (χ2v) is 4.62. The molecule has 0 heterocycles. The highest BCUT2D eigenvalue weighted by atomic mass is 16.5. The lowest BCUT2D eigenvalue weighted by atomic mass is 10.1. The zero-order chi connectivity index (χ0) is 15.2. The second kappa shape index (κ2) is 6.76. The number of methoxy groups -OCH3 is 1. The first-order valence-corrected chi connectivity index (χ1v) is 6.56. The van der Waals surface area contributed by atoms with E-state index in [1.54, 1.807) is 55.6 Å². The zero-order valence-corrected chi connectivity index (χ0v) is 11.7. The van der Waals surface area contributed by atoms with Crippen LogP contribution < -0.4 is 15.8 Å². The number of aliphatic hydroxyl groups excluding tert-OH is 1. The summed E-state index contributed by atoms with van der Waals surface area (Å²) in [6.45, 7) is 0.134. The van der Waals surface area contributed by atoms with Crippen LogP contribution in [0.5, 0.6) is 5.75 Å². The number of ether oxygens (including phenoxy) is 1. The number of benzene rings is 2. The molecule has 0 bridgehead atoms. The van der Waals surface area contributed by atoms with Gasteiger partial charge in [0.05, 0.1) is 13.2 Å². The summed E-state index contributed by atoms with van der Waals surface area (Å²) in [5, 5.41) is 12.7. The molecule has 5 heteroatoms. The molecule has 2 aromatic carbocycles. The molecule has 0 aliphatic rings. The van der Waals surface area contributed by atoms with Crippen LogP contribution in [0.2, 0.25) is 0 Å². The number of rotatable bonds is 5. The van der Waals surface area contributed by atoms with Crippen molar-refractivity contribution in [3.8, 4) is 5.75 Å². The highest BCUT2D eigenvalue weighted by Crippen LogP contribution is 2.15. The molecule has 1 unspecified atom stereocenters. The predicted octanol–water partition coefficient (Wildman–Crippen LogP) is 1.74. The van der Waals surface area contributed by atoms with Crippen molar-refractivity contribution >= 4 is 11.6 Å². The Balaban J connectivity index is 1.92. The van der Waals surface area contributed by atoms with Crippen LogP contribution in [-0.4, -0.2) is 24.7 Å². The lowest BCUT2D eigenvalue weighted by Crippen LogP contribution is -2.28. The number of nitrogens with one attached hydrogen (secondary N) is 1. The standard InChI is InChI=1S/C16H18N2O3/c1-21-14-8-4-12(5-9-14)16(20)18-10-15(19)11-2-6-13(17)7-3-11/h2-9,15,19H,10,17H2,1H3,(H,18,20). The van der Waals surface area contributed by atoms with E-state index in [2.05, 4.69) is 5.32 Å². The maximum atomic E-state index is 12.0. The molecule has 21 heavy (non-hydrogen) atoms. The first kappa shape index (κ1) is 14.9. The number of nitrogen functional groups attached to an aromatic ring is 1. The predicted molar refractivity (Wildman–Crippen MR) is 81.1 cm³/mol. The van der Waals surface area contributed by atoms with E-state index in [0.29, 0.717) is 22.6 Å². The Morgan fingerprint density at radius 2 is 1.81 bits per heavy atom. The van der Waals surface area contributed by atoms with Crippen molar-refractivity contribution in [2.24, 2.45) is 0 Å². The molecule has 4 N–H and O–H groups in total. The molecule has 5 nitrogen and oxygen atoms in total. The van der Waals surface area contributed by atoms with E-state index in [0.717, 1.165) is 0 Å². The summed E-state index contributed by atoms with van der Waals surface area (Å²) in [5.74, 6) is 0.445. The number of carbonyl (C=O) groups is 1. The maximum Gasteiger partial charge on any atom is 0.251 e. The minimum Gasteiger partial charge on any atom is -0.497 e. The van der Waals surface area contributed by atoms with Crippen molar-refractivity contribution in [3.05, 3.63) is 59.7 Å². The number of nitrogens with two attached hydrogens (primary N) is 1. The minimum absolute atomic E-state index is 0.134. The molecule has 2 rings (SSSR count). The third kappa shape index (κ3) is 3.97. The van der Waals surface area contributed by atoms with Crippen molar-refractivity contribution in [3.63, 3.8) is 0 Å². The Kier molecular flexibility index (Phi) is 4.79. The Morgan fingerprint density at radius 3 is 2.38 bits per heavy atom. The monoisotopic (exact) mass is 286 g/mol. The summed E-state index contributed by atoms with van der Waals surface area (Å²) in [4.78, 5) is 12.0. The van der Waals surface area contributed by atoms with Gasteiger partial charge in [-0.2, -0.15) is 0 Å². The molecule has 0 saturated carbocycles. The highest BCUT2D eigenvalue weighted by Gasteiger charge is 2.10. The van der Waals surface area contributed by atoms with Crippen LogP contribution in [0.15, 0.2) is 48.5 Å². The van der Waals surface area contributed by atoms with Crippen LogP contribution in [0.1, 0.15) is 22.0 Å². The average Bonchev–Trinajstić information content (AvgIpc) is 2.53. The first-order chi connectivity index (χ1) is 10.1. The van der Waals surface area contributed by atoms with Crippen LogP contribution in [0, 0.1) is 0 Å². The van der Waals surface area contributed by atoms with Gasteiger partial charge in [0.2, 0.25) is 0 Å². The number of amides is 1. The van der Waals surface area contributed by atoms with Gasteiger partial charge >= 0.3 is 0 Å². The normalized spacial score (nSPS) is 11.7. The van der Waals surface area contributed by atoms with E-state index < -0.39 is 6.10 Å². The van der Waals surface area contributed by atoms with Gasteiger partial charge in [0.1, 0.15) is 5.75 Å². The topological polar surface area (TPSA) is 84.6 Å². The van der Waals surface area contributed by atoms with E-state index in [9.17, 15) is 9.90 Å². The molecule has 0 aromatic heterocycles. The lowest BCUT2D eigenvalue weighted by Gasteiger charge is -2.12. The third-order valence-electron chi connectivity index (χ3n) is 3.13. The van der Waals surface area contributed by atoms with Gasteiger partial charge in [0.25, 0.3) is 5.91 Å². The van der Waals surface area contributed by atoms with Gasteiger partial charge in [-0.25, -0.2) is 0 Å². The highest BCUT2D eigenvalue weighted by molar-refractivity contribution is 5.94. The van der Waals surface area contributed by atoms with Crippen LogP contribution in [0.25, 0.3) is 0 Å². The summed E-state index contributed by atoms with van der Waals surface area (Å²) in [5.41, 5.74) is 7.44. The van der Waals surface area contributed by atoms with Crippen LogP contribution in [0.3, 0.4) is 0 Å². The van der Waals surface area contributed by atoms with Gasteiger partial charge in [-0.05, 0) is 42.0 Å². The molecule has 0 saturated heterocycles. The summed E-state index contributed by atoms with van der Waals surface area (Å²) in [6, 6.07) is 13.7. The van der Waals surface area contributed by atoms with Gasteiger partial charge in [-0.3, -0.25) is 4.79 Å². The van der Waals surface area contributed by atoms with Gasteiger partial charge in [-0.1, -0.05) is 12.1 Å². The van der Waals surface area contributed by atoms with E-state index >= 15 is 0 Å². The van der Waals surface area contributed by atoms with Crippen LogP contribution >= 0.6 is 0 Å². The number of anilines is 1. The van der Waals surface area contributed by atoms with Crippen molar-refractivity contribution < 1.29 is 14.6 Å². The molecule has 0 spiro atoms. The van der Waals surface area contributed by atoms with Crippen LogP contribution in [0.4, 0.5) is 5.69 Å². The number of hydrogen-bond acceptors (Lipinski definition) is 4. The molecular weight excluding hydrogens is 268 g/mol. The van der Waals surface area contributed by atoms with Crippen molar-refractivity contribution in [2.45, 2.75) is 6.10 Å². The summed E-state index contributed by atoms with van der Waals surface area (Å²) in [7, 11) is 1.57. The molecule has 0 radical (unpaired) electrons. The van der Waals surface area contributed by atoms with Gasteiger partial charge < -0.3 is 20.9 Å². The Labute approximate surface area is 123 Å². The average molecular weight is 286 g/mol. The second-order valence-electron chi connectivity index (χ2n) is 4.62. The van der Waals surface area contributed by atoms with Crippen molar-refractivity contribution in [2.75, 3.05) is 19.4 Å². The minimum atomic E-state index is -0.771. The number of aliphatic hydroxyl groups is 1. The Morgan fingerprint density at radius 1 is 1.19 bits per heavy atom. The molecular formula is C16H18N2O3. The lowest BCUT2D eigenvalue weighted by molar-refractivity contribution is 0.0916. The smallest absolute Gasteiger partial charge is 0.251 e. The third-order valence-corrected chi connectivity index (χ3v) is 3.13. The number of hydrogen-bond donors (Lipinski definition) is 3. The van der Waals surface area contributed by atoms with E-state index in [1.165, 1.54) is 0 Å². The fourth-order valence-corrected chi connectivity index (χ4v) is 1.87. The molecule has 0 aliphatic carbocycles. The van der Waals surface area contributed by atoms with E-state index in [1.807, 2.05) is 0 Å². The molecule has 2 aromatic rings. The number of carbonyl (C=O) groups excluding carboxylic acids is 1. The SMILES string of the molecule is COc1ccc(C(=O)NCC(O)c2ccc(N)cc2)cc1. The van der Waals surface area contributed by atoms with E-state index in [-0.39, 0.29) is 12.5 Å². The Hall–Kier alpha value is -2.53. The maximum absolute atomic E-state index is 12.0. The van der Waals surface area contributed by atoms with Gasteiger partial charge in [0, 0.05) is 17.8 Å². The van der Waals surface area contributed by atoms with Crippen molar-refractivity contribution in [1.82, 2.24) is 5.32 Å². The molecule has 0 aliphatic heterocycles. The van der Waals surface area contributed by atoms with Gasteiger partial charge in [-0.15, -0.1) is 0 Å². The van der Waals surface area contributed by atoms with E-state index in [4.69, 9.17) is 10.5 Å².